The highest BCUT2D eigenvalue weighted by Crippen LogP contribution is 2.12. The first kappa shape index (κ1) is 15.4. The predicted octanol–water partition coefficient (Wildman–Crippen LogP) is 0.193. The first-order valence-electron chi connectivity index (χ1n) is 6.33. The lowest BCUT2D eigenvalue weighted by Gasteiger charge is -2.38. The summed E-state index contributed by atoms with van der Waals surface area (Å²) < 4.78 is 5.03. The monoisotopic (exact) mass is 272 g/mol. The Balaban J connectivity index is 2.65. The molecule has 0 bridgehead atoms. The fourth-order valence-corrected chi connectivity index (χ4v) is 2.01. The lowest BCUT2D eigenvalue weighted by Crippen LogP contribution is -2.58. The lowest BCUT2D eigenvalue weighted by molar-refractivity contribution is -0.140. The van der Waals surface area contributed by atoms with Crippen LogP contribution in [0.1, 0.15) is 20.3 Å². The molecular weight excluding hydrogens is 252 g/mol. The number of nitrogens with zero attached hydrogens (tertiary/aromatic N) is 2. The molecule has 0 spiro atoms. The number of ketones is 1. The zero-order chi connectivity index (χ0) is 14.4. The third-order valence-corrected chi connectivity index (χ3v) is 2.96. The highest BCUT2D eigenvalue weighted by Gasteiger charge is 2.34. The molecule has 0 radical (unpaired) electrons. The number of rotatable bonds is 5. The average Bonchev–Trinajstić information content (AvgIpc) is 2.35. The van der Waals surface area contributed by atoms with Crippen LogP contribution in [0.5, 0.6) is 0 Å². The van der Waals surface area contributed by atoms with Crippen molar-refractivity contribution in [2.75, 3.05) is 32.8 Å². The van der Waals surface area contributed by atoms with E-state index in [0.29, 0.717) is 19.7 Å². The van der Waals surface area contributed by atoms with E-state index in [1.54, 1.807) is 4.90 Å². The van der Waals surface area contributed by atoms with Crippen molar-refractivity contribution in [3.05, 3.63) is 0 Å². The molecule has 0 saturated carbocycles. The molecule has 1 fully saturated rings. The van der Waals surface area contributed by atoms with E-state index in [1.165, 1.54) is 11.8 Å². The molecule has 1 unspecified atom stereocenters. The van der Waals surface area contributed by atoms with Crippen LogP contribution in [0.15, 0.2) is 0 Å². The highest BCUT2D eigenvalue weighted by atomic mass is 16.6. The summed E-state index contributed by atoms with van der Waals surface area (Å²) >= 11 is 0. The normalized spacial score (nSPS) is 20.1. The van der Waals surface area contributed by atoms with E-state index in [0.717, 1.165) is 6.42 Å². The maximum Gasteiger partial charge on any atom is 0.410 e. The maximum absolute atomic E-state index is 11.8. The second-order valence-electron chi connectivity index (χ2n) is 4.56. The first-order chi connectivity index (χ1) is 8.95. The molecule has 1 amide bonds. The van der Waals surface area contributed by atoms with Gasteiger partial charge in [-0.1, -0.05) is 6.92 Å². The van der Waals surface area contributed by atoms with Crippen molar-refractivity contribution >= 4 is 17.8 Å². The number of hydrogen-bond acceptors (Lipinski definition) is 5. The Hall–Kier alpha value is -1.63. The van der Waals surface area contributed by atoms with Gasteiger partial charge in [0.15, 0.2) is 5.78 Å². The molecule has 1 saturated heterocycles. The van der Waals surface area contributed by atoms with Crippen LogP contribution in [0.3, 0.4) is 0 Å². The molecule has 0 aliphatic carbocycles. The fraction of sp³-hybridized carbons (Fsp3) is 0.750. The molecular formula is C12H20N2O5. The lowest BCUT2D eigenvalue weighted by atomic mass is 10.1. The van der Waals surface area contributed by atoms with Crippen molar-refractivity contribution in [3.8, 4) is 0 Å². The summed E-state index contributed by atoms with van der Waals surface area (Å²) in [5.41, 5.74) is 0. The van der Waals surface area contributed by atoms with Crippen molar-refractivity contribution in [3.63, 3.8) is 0 Å². The average molecular weight is 272 g/mol. The van der Waals surface area contributed by atoms with Crippen LogP contribution < -0.4 is 0 Å². The van der Waals surface area contributed by atoms with Gasteiger partial charge in [-0.15, -0.1) is 0 Å². The third-order valence-electron chi connectivity index (χ3n) is 2.96. The third kappa shape index (κ3) is 4.51. The Morgan fingerprint density at radius 1 is 1.32 bits per heavy atom. The Bertz CT molecular complexity index is 358. The number of Topliss-reactive ketones (excluding diaryl/α,β-unsaturated/α-hetero) is 1. The smallest absolute Gasteiger partial charge is 0.410 e. The van der Waals surface area contributed by atoms with Crippen molar-refractivity contribution in [1.29, 1.82) is 0 Å². The van der Waals surface area contributed by atoms with Gasteiger partial charge in [0.2, 0.25) is 0 Å². The van der Waals surface area contributed by atoms with E-state index in [4.69, 9.17) is 9.84 Å². The molecule has 0 aromatic heterocycles. The van der Waals surface area contributed by atoms with E-state index in [2.05, 4.69) is 0 Å². The van der Waals surface area contributed by atoms with E-state index in [-0.39, 0.29) is 18.9 Å². The van der Waals surface area contributed by atoms with Gasteiger partial charge in [-0.05, 0) is 13.3 Å². The quantitative estimate of drug-likeness (QED) is 0.769. The molecule has 1 aliphatic rings. The van der Waals surface area contributed by atoms with Crippen molar-refractivity contribution in [2.45, 2.75) is 26.3 Å². The Morgan fingerprint density at radius 2 is 2.00 bits per heavy atom. The van der Waals surface area contributed by atoms with Crippen LogP contribution in [-0.4, -0.2) is 71.6 Å². The SMILES string of the molecule is CCCOC(=O)N1CCN(CC(=O)O)CC1C(C)=O. The van der Waals surface area contributed by atoms with Crippen LogP contribution in [-0.2, 0) is 14.3 Å². The van der Waals surface area contributed by atoms with Gasteiger partial charge in [-0.2, -0.15) is 0 Å². The van der Waals surface area contributed by atoms with Gasteiger partial charge in [0.1, 0.15) is 6.04 Å². The van der Waals surface area contributed by atoms with E-state index >= 15 is 0 Å². The second-order valence-corrected chi connectivity index (χ2v) is 4.56. The van der Waals surface area contributed by atoms with Gasteiger partial charge in [0.25, 0.3) is 0 Å². The molecule has 1 aliphatic heterocycles. The van der Waals surface area contributed by atoms with Crippen molar-refractivity contribution in [1.82, 2.24) is 9.80 Å². The maximum atomic E-state index is 11.8. The number of carboxylic acids is 1. The van der Waals surface area contributed by atoms with E-state index < -0.39 is 18.1 Å². The number of piperazine rings is 1. The minimum atomic E-state index is -0.940. The van der Waals surface area contributed by atoms with Gasteiger partial charge in [0.05, 0.1) is 13.2 Å². The summed E-state index contributed by atoms with van der Waals surface area (Å²) in [5.74, 6) is -1.10. The standard InChI is InChI=1S/C12H20N2O5/c1-3-6-19-12(18)14-5-4-13(8-11(16)17)7-10(14)9(2)15/h10H,3-8H2,1-2H3,(H,16,17). The summed E-state index contributed by atoms with van der Waals surface area (Å²) in [5, 5.41) is 8.75. The van der Waals surface area contributed by atoms with Crippen LogP contribution in [0, 0.1) is 0 Å². The molecule has 0 aromatic rings. The summed E-state index contributed by atoms with van der Waals surface area (Å²) in [6, 6.07) is -0.627. The van der Waals surface area contributed by atoms with Gasteiger partial charge in [0, 0.05) is 19.6 Å². The molecule has 7 heteroatoms. The summed E-state index contributed by atoms with van der Waals surface area (Å²) in [6.07, 6.45) is 0.215. The Morgan fingerprint density at radius 3 is 2.53 bits per heavy atom. The highest BCUT2D eigenvalue weighted by molar-refractivity contribution is 5.86. The number of amides is 1. The molecule has 108 valence electrons. The first-order valence-corrected chi connectivity index (χ1v) is 6.33. The van der Waals surface area contributed by atoms with E-state index in [1.807, 2.05) is 6.92 Å². The minimum absolute atomic E-state index is 0.123. The molecule has 19 heavy (non-hydrogen) atoms. The zero-order valence-corrected chi connectivity index (χ0v) is 11.3. The largest absolute Gasteiger partial charge is 0.480 e. The van der Waals surface area contributed by atoms with E-state index in [9.17, 15) is 14.4 Å². The van der Waals surface area contributed by atoms with Crippen molar-refractivity contribution in [2.24, 2.45) is 0 Å². The van der Waals surface area contributed by atoms with Gasteiger partial charge in [-0.25, -0.2) is 4.79 Å². The van der Waals surface area contributed by atoms with Crippen LogP contribution in [0.25, 0.3) is 0 Å². The van der Waals surface area contributed by atoms with Gasteiger partial charge in [-0.3, -0.25) is 19.4 Å². The molecule has 1 rings (SSSR count). The molecule has 0 aromatic carbocycles. The predicted molar refractivity (Wildman–Crippen MR) is 66.9 cm³/mol. The summed E-state index contributed by atoms with van der Waals surface area (Å²) in [4.78, 5) is 37.1. The Kier molecular flexibility index (Phi) is 5.75. The summed E-state index contributed by atoms with van der Waals surface area (Å²) in [7, 11) is 0. The summed E-state index contributed by atoms with van der Waals surface area (Å²) in [6.45, 7) is 4.45. The number of aliphatic carboxylic acids is 1. The minimum Gasteiger partial charge on any atom is -0.480 e. The molecule has 1 heterocycles. The zero-order valence-electron chi connectivity index (χ0n) is 11.3. The fourth-order valence-electron chi connectivity index (χ4n) is 2.01. The van der Waals surface area contributed by atoms with Gasteiger partial charge < -0.3 is 9.84 Å². The molecule has 1 atom stereocenters. The Labute approximate surface area is 112 Å². The van der Waals surface area contributed by atoms with Gasteiger partial charge >= 0.3 is 12.1 Å². The number of carbonyl (C=O) groups is 3. The number of ether oxygens (including phenoxy) is 1. The second kappa shape index (κ2) is 7.08. The number of carboxylic acid groups (broad SMARTS) is 1. The molecule has 7 nitrogen and oxygen atoms in total. The molecule has 1 N–H and O–H groups in total. The van der Waals surface area contributed by atoms with Crippen LogP contribution >= 0.6 is 0 Å². The van der Waals surface area contributed by atoms with Crippen molar-refractivity contribution < 1.29 is 24.2 Å². The number of hydrogen-bond donors (Lipinski definition) is 1. The van der Waals surface area contributed by atoms with Crippen LogP contribution in [0.4, 0.5) is 4.79 Å². The number of carbonyl (C=O) groups excluding carboxylic acids is 2. The van der Waals surface area contributed by atoms with Crippen LogP contribution in [0.2, 0.25) is 0 Å². The topological polar surface area (TPSA) is 87.2 Å².